The molecule has 7 nitrogen and oxygen atoms in total. The van der Waals surface area contributed by atoms with Crippen LogP contribution in [0.4, 0.5) is 0 Å². The predicted octanol–water partition coefficient (Wildman–Crippen LogP) is 2.74. The number of aliphatic carboxylic acids is 1. The van der Waals surface area contributed by atoms with Gasteiger partial charge in [0.05, 0.1) is 13.2 Å². The van der Waals surface area contributed by atoms with E-state index in [1.54, 1.807) is 0 Å². The summed E-state index contributed by atoms with van der Waals surface area (Å²) in [5, 5.41) is 12.2. The minimum Gasteiger partial charge on any atom is -0.494 e. The molecule has 0 bridgehead atoms. The van der Waals surface area contributed by atoms with Crippen LogP contribution in [-0.2, 0) is 14.4 Å². The van der Waals surface area contributed by atoms with Crippen LogP contribution in [0.15, 0.2) is 54.6 Å². The van der Waals surface area contributed by atoms with E-state index in [0.717, 1.165) is 16.9 Å². The summed E-state index contributed by atoms with van der Waals surface area (Å²) in [6.07, 6.45) is 1.12. The van der Waals surface area contributed by atoms with Gasteiger partial charge in [-0.15, -0.1) is 0 Å². The predicted molar refractivity (Wildman–Crippen MR) is 116 cm³/mol. The molecule has 0 unspecified atom stereocenters. The summed E-state index contributed by atoms with van der Waals surface area (Å²) in [5.74, 6) is -0.943. The molecule has 3 rings (SSSR count). The number of likely N-dealkylation sites (tertiary alicyclic amines) is 1. The minimum atomic E-state index is -1.02. The fourth-order valence-electron chi connectivity index (χ4n) is 3.81. The van der Waals surface area contributed by atoms with Crippen molar-refractivity contribution in [2.75, 3.05) is 19.7 Å². The van der Waals surface area contributed by atoms with Crippen LogP contribution in [0, 0.1) is 6.92 Å². The lowest BCUT2D eigenvalue weighted by Crippen LogP contribution is -2.45. The first-order valence-electron chi connectivity index (χ1n) is 10.5. The fourth-order valence-corrected chi connectivity index (χ4v) is 3.81. The molecule has 2 aromatic rings. The summed E-state index contributed by atoms with van der Waals surface area (Å²) in [6.45, 7) is 2.51. The average Bonchev–Trinajstić information content (AvgIpc) is 3.22. The number of hydrogen-bond donors (Lipinski definition) is 2. The highest BCUT2D eigenvalue weighted by Gasteiger charge is 2.40. The summed E-state index contributed by atoms with van der Waals surface area (Å²) in [7, 11) is 0. The normalized spacial score (nSPS) is 17.9. The van der Waals surface area contributed by atoms with Crippen LogP contribution in [0.25, 0.3) is 0 Å². The number of aryl methyl sites for hydroxylation is 1. The summed E-state index contributed by atoms with van der Waals surface area (Å²) < 4.78 is 5.55. The molecule has 164 valence electrons. The number of carbonyl (C=O) groups is 3. The Labute approximate surface area is 182 Å². The Morgan fingerprint density at radius 2 is 1.90 bits per heavy atom. The van der Waals surface area contributed by atoms with Crippen LogP contribution >= 0.6 is 0 Å². The van der Waals surface area contributed by atoms with Crippen LogP contribution < -0.4 is 10.1 Å². The van der Waals surface area contributed by atoms with E-state index in [-0.39, 0.29) is 30.7 Å². The second-order valence-electron chi connectivity index (χ2n) is 7.79. The van der Waals surface area contributed by atoms with Crippen molar-refractivity contribution in [2.45, 2.75) is 38.1 Å². The SMILES string of the molecule is Cc1cccc([C@@H]2C[C@@H](C(=O)O)N(C(=O)CNC(=O)CCCOc3ccccc3)C2)c1. The third-order valence-electron chi connectivity index (χ3n) is 5.42. The van der Waals surface area contributed by atoms with Gasteiger partial charge in [-0.3, -0.25) is 9.59 Å². The Morgan fingerprint density at radius 3 is 2.61 bits per heavy atom. The van der Waals surface area contributed by atoms with Crippen molar-refractivity contribution in [3.8, 4) is 5.75 Å². The fraction of sp³-hybridized carbons (Fsp3) is 0.375. The Hall–Kier alpha value is -3.35. The largest absolute Gasteiger partial charge is 0.494 e. The lowest BCUT2D eigenvalue weighted by atomic mass is 9.95. The van der Waals surface area contributed by atoms with E-state index in [0.29, 0.717) is 26.0 Å². The lowest BCUT2D eigenvalue weighted by Gasteiger charge is -2.21. The molecule has 1 fully saturated rings. The highest BCUT2D eigenvalue weighted by atomic mass is 16.5. The van der Waals surface area contributed by atoms with E-state index in [2.05, 4.69) is 5.32 Å². The molecule has 0 saturated carbocycles. The standard InChI is InChI=1S/C24H28N2O5/c1-17-7-5-8-18(13-17)19-14-21(24(29)30)26(16-19)23(28)15-25-22(27)11-6-12-31-20-9-3-2-4-10-20/h2-5,7-10,13,19,21H,6,11-12,14-16H2,1H3,(H,25,27)(H,29,30)/t19-,21+/m1/s1. The number of carbonyl (C=O) groups excluding carboxylic acids is 2. The summed E-state index contributed by atoms with van der Waals surface area (Å²) in [6, 6.07) is 16.4. The van der Waals surface area contributed by atoms with Crippen LogP contribution in [0.2, 0.25) is 0 Å². The number of nitrogens with one attached hydrogen (secondary N) is 1. The van der Waals surface area contributed by atoms with Gasteiger partial charge in [-0.25, -0.2) is 4.79 Å². The molecule has 2 amide bonds. The van der Waals surface area contributed by atoms with E-state index >= 15 is 0 Å². The Kier molecular flexibility index (Phi) is 7.65. The second kappa shape index (κ2) is 10.6. The number of benzene rings is 2. The molecule has 2 atom stereocenters. The number of para-hydroxylation sites is 1. The maximum atomic E-state index is 12.6. The molecular formula is C24H28N2O5. The number of carboxylic acids is 1. The Morgan fingerprint density at radius 1 is 1.13 bits per heavy atom. The van der Waals surface area contributed by atoms with Gasteiger partial charge in [0, 0.05) is 18.9 Å². The second-order valence-corrected chi connectivity index (χ2v) is 7.79. The van der Waals surface area contributed by atoms with Crippen LogP contribution in [0.1, 0.15) is 36.3 Å². The first kappa shape index (κ1) is 22.3. The zero-order valence-electron chi connectivity index (χ0n) is 17.6. The summed E-state index contributed by atoms with van der Waals surface area (Å²) >= 11 is 0. The van der Waals surface area contributed by atoms with Crippen LogP contribution in [-0.4, -0.2) is 53.5 Å². The van der Waals surface area contributed by atoms with Gasteiger partial charge in [-0.2, -0.15) is 0 Å². The molecule has 0 spiro atoms. The maximum Gasteiger partial charge on any atom is 0.326 e. The molecule has 7 heteroatoms. The highest BCUT2D eigenvalue weighted by Crippen LogP contribution is 2.32. The van der Waals surface area contributed by atoms with Crippen molar-refractivity contribution in [2.24, 2.45) is 0 Å². The molecule has 1 aliphatic heterocycles. The van der Waals surface area contributed by atoms with Crippen LogP contribution in [0.3, 0.4) is 0 Å². The van der Waals surface area contributed by atoms with Gasteiger partial charge in [-0.05, 0) is 37.5 Å². The molecule has 2 N–H and O–H groups in total. The number of ether oxygens (including phenoxy) is 1. The molecule has 1 saturated heterocycles. The van der Waals surface area contributed by atoms with E-state index in [4.69, 9.17) is 4.74 Å². The van der Waals surface area contributed by atoms with E-state index in [1.807, 2.05) is 61.5 Å². The van der Waals surface area contributed by atoms with E-state index < -0.39 is 12.0 Å². The van der Waals surface area contributed by atoms with Crippen molar-refractivity contribution in [3.05, 3.63) is 65.7 Å². The molecule has 0 aliphatic carbocycles. The number of nitrogens with zero attached hydrogens (tertiary/aromatic N) is 1. The van der Waals surface area contributed by atoms with Gasteiger partial charge >= 0.3 is 5.97 Å². The molecule has 0 radical (unpaired) electrons. The Balaban J connectivity index is 1.45. The van der Waals surface area contributed by atoms with Gasteiger partial charge in [0.1, 0.15) is 11.8 Å². The summed E-state index contributed by atoms with van der Waals surface area (Å²) in [5.41, 5.74) is 2.13. The average molecular weight is 424 g/mol. The monoisotopic (exact) mass is 424 g/mol. The topological polar surface area (TPSA) is 95.9 Å². The van der Waals surface area contributed by atoms with Gasteiger partial charge in [0.25, 0.3) is 0 Å². The number of amides is 2. The maximum absolute atomic E-state index is 12.6. The molecular weight excluding hydrogens is 396 g/mol. The van der Waals surface area contributed by atoms with Crippen molar-refractivity contribution >= 4 is 17.8 Å². The zero-order valence-corrected chi connectivity index (χ0v) is 17.6. The number of carboxylic acid groups (broad SMARTS) is 1. The van der Waals surface area contributed by atoms with E-state index in [1.165, 1.54) is 4.90 Å². The molecule has 0 aromatic heterocycles. The number of rotatable bonds is 9. The van der Waals surface area contributed by atoms with Gasteiger partial charge < -0.3 is 20.1 Å². The first-order valence-corrected chi connectivity index (χ1v) is 10.5. The lowest BCUT2D eigenvalue weighted by molar-refractivity contribution is -0.148. The van der Waals surface area contributed by atoms with Crippen molar-refractivity contribution in [1.82, 2.24) is 10.2 Å². The van der Waals surface area contributed by atoms with E-state index in [9.17, 15) is 19.5 Å². The Bertz CT molecular complexity index is 915. The smallest absolute Gasteiger partial charge is 0.326 e. The van der Waals surface area contributed by atoms with Crippen molar-refractivity contribution in [1.29, 1.82) is 0 Å². The molecule has 1 heterocycles. The third kappa shape index (κ3) is 6.31. The van der Waals surface area contributed by atoms with Gasteiger partial charge in [0.15, 0.2) is 0 Å². The molecule has 2 aromatic carbocycles. The minimum absolute atomic E-state index is 0.0317. The molecule has 1 aliphatic rings. The van der Waals surface area contributed by atoms with Gasteiger partial charge in [-0.1, -0.05) is 48.0 Å². The van der Waals surface area contributed by atoms with Crippen molar-refractivity contribution in [3.63, 3.8) is 0 Å². The quantitative estimate of drug-likeness (QED) is 0.604. The third-order valence-corrected chi connectivity index (χ3v) is 5.42. The highest BCUT2D eigenvalue weighted by molar-refractivity contribution is 5.88. The zero-order chi connectivity index (χ0) is 22.2. The van der Waals surface area contributed by atoms with Crippen LogP contribution in [0.5, 0.6) is 5.75 Å². The van der Waals surface area contributed by atoms with Gasteiger partial charge in [0.2, 0.25) is 11.8 Å². The first-order chi connectivity index (χ1) is 14.9. The molecule has 31 heavy (non-hydrogen) atoms. The summed E-state index contributed by atoms with van der Waals surface area (Å²) in [4.78, 5) is 37.8. The number of hydrogen-bond acceptors (Lipinski definition) is 4. The van der Waals surface area contributed by atoms with Crippen molar-refractivity contribution < 1.29 is 24.2 Å².